The zero-order chi connectivity index (χ0) is 28.5. The van der Waals surface area contributed by atoms with Crippen LogP contribution in [-0.2, 0) is 32.0 Å². The first kappa shape index (κ1) is 29.0. The molecule has 39 heavy (non-hydrogen) atoms. The molecule has 1 aliphatic heterocycles. The molecule has 0 saturated carbocycles. The van der Waals surface area contributed by atoms with Gasteiger partial charge in [-0.05, 0) is 49.9 Å². The molecule has 0 spiro atoms. The highest BCUT2D eigenvalue weighted by atomic mass is 32.2. The van der Waals surface area contributed by atoms with E-state index in [4.69, 9.17) is 4.74 Å². The number of aryl methyl sites for hydroxylation is 1. The molecule has 4 rings (SSSR count). The van der Waals surface area contributed by atoms with Gasteiger partial charge in [-0.3, -0.25) is 4.57 Å². The average molecular weight is 568 g/mol. The van der Waals surface area contributed by atoms with Crippen LogP contribution < -0.4 is 15.7 Å². The van der Waals surface area contributed by atoms with Crippen molar-refractivity contribution in [1.82, 2.24) is 24.8 Å². The Morgan fingerprint density at radius 1 is 1.18 bits per heavy atom. The van der Waals surface area contributed by atoms with E-state index in [1.807, 2.05) is 30.3 Å². The molecular formula is C26H32F3N5O4S. The van der Waals surface area contributed by atoms with Crippen molar-refractivity contribution in [3.05, 3.63) is 87.6 Å². The van der Waals surface area contributed by atoms with Crippen molar-refractivity contribution in [2.75, 3.05) is 26.0 Å². The molecule has 1 fully saturated rings. The molecule has 9 nitrogen and oxygen atoms in total. The topological polar surface area (TPSA) is 118 Å². The number of ether oxygens (including phenoxy) is 1. The predicted molar refractivity (Wildman–Crippen MR) is 140 cm³/mol. The standard InChI is InChI=1S/C26H32F3N5O4S/c1-18-11-20(13-22(12-18)26(27,28)29)19(2)38-16-25(21-7-5-4-6-8-21)10-9-24(14-30-25,15-32-39(3,36)37)34-17-31-33-23(34)35/h4-8,11-13,17,19,30,32H,9-10,14-16H2,1-3H3,(H,33,35)/t19-,24+,25-/m1/s1. The molecule has 1 saturated heterocycles. The number of alkyl halides is 3. The number of piperidine rings is 1. The van der Waals surface area contributed by atoms with Gasteiger partial charge >= 0.3 is 11.9 Å². The van der Waals surface area contributed by atoms with Crippen LogP contribution in [0.3, 0.4) is 0 Å². The Morgan fingerprint density at radius 3 is 2.46 bits per heavy atom. The minimum Gasteiger partial charge on any atom is -0.372 e. The highest BCUT2D eigenvalue weighted by Gasteiger charge is 2.46. The van der Waals surface area contributed by atoms with Crippen LogP contribution in [0.1, 0.15) is 48.1 Å². The molecule has 2 aromatic carbocycles. The first-order chi connectivity index (χ1) is 18.2. The Morgan fingerprint density at radius 2 is 1.90 bits per heavy atom. The Bertz CT molecular complexity index is 1450. The monoisotopic (exact) mass is 567 g/mol. The van der Waals surface area contributed by atoms with Crippen LogP contribution in [0, 0.1) is 6.92 Å². The Hall–Kier alpha value is -3.00. The zero-order valence-electron chi connectivity index (χ0n) is 21.9. The molecule has 0 bridgehead atoms. The van der Waals surface area contributed by atoms with E-state index in [1.54, 1.807) is 19.9 Å². The van der Waals surface area contributed by atoms with Crippen molar-refractivity contribution >= 4 is 10.0 Å². The van der Waals surface area contributed by atoms with Gasteiger partial charge in [0.25, 0.3) is 0 Å². The van der Waals surface area contributed by atoms with Crippen LogP contribution in [0.5, 0.6) is 0 Å². The summed E-state index contributed by atoms with van der Waals surface area (Å²) in [5, 5.41) is 9.69. The molecule has 0 amide bonds. The molecule has 0 aliphatic carbocycles. The van der Waals surface area contributed by atoms with Crippen LogP contribution in [-0.4, -0.2) is 49.1 Å². The van der Waals surface area contributed by atoms with Gasteiger partial charge in [0.2, 0.25) is 10.0 Å². The van der Waals surface area contributed by atoms with Crippen LogP contribution in [0.25, 0.3) is 0 Å². The largest absolute Gasteiger partial charge is 0.416 e. The fourth-order valence-electron chi connectivity index (χ4n) is 5.03. The summed E-state index contributed by atoms with van der Waals surface area (Å²) < 4.78 is 74.1. The van der Waals surface area contributed by atoms with Gasteiger partial charge in [0.1, 0.15) is 6.33 Å². The highest BCUT2D eigenvalue weighted by molar-refractivity contribution is 7.88. The fourth-order valence-corrected chi connectivity index (χ4v) is 5.57. The summed E-state index contributed by atoms with van der Waals surface area (Å²) in [5.41, 5.74) is -1.08. The fraction of sp³-hybridized carbons (Fsp3) is 0.462. The molecule has 1 aliphatic rings. The van der Waals surface area contributed by atoms with Crippen molar-refractivity contribution in [3.8, 4) is 0 Å². The number of aromatic nitrogens is 3. The first-order valence-corrected chi connectivity index (χ1v) is 14.3. The van der Waals surface area contributed by atoms with Gasteiger partial charge in [0, 0.05) is 13.1 Å². The zero-order valence-corrected chi connectivity index (χ0v) is 22.7. The summed E-state index contributed by atoms with van der Waals surface area (Å²) in [6, 6.07) is 13.4. The number of aromatic amines is 1. The number of halogens is 3. The van der Waals surface area contributed by atoms with Crippen molar-refractivity contribution in [2.45, 2.75) is 50.0 Å². The van der Waals surface area contributed by atoms with E-state index in [0.29, 0.717) is 24.0 Å². The van der Waals surface area contributed by atoms with Crippen molar-refractivity contribution in [3.63, 3.8) is 0 Å². The lowest BCUT2D eigenvalue weighted by Crippen LogP contribution is -2.63. The molecule has 2 heterocycles. The summed E-state index contributed by atoms with van der Waals surface area (Å²) in [6.07, 6.45) is -1.88. The van der Waals surface area contributed by atoms with Gasteiger partial charge in [0.05, 0.1) is 35.6 Å². The molecule has 3 aromatic rings. The van der Waals surface area contributed by atoms with Crippen molar-refractivity contribution < 1.29 is 26.3 Å². The van der Waals surface area contributed by atoms with E-state index in [0.717, 1.165) is 24.0 Å². The Kier molecular flexibility index (Phi) is 8.08. The lowest BCUT2D eigenvalue weighted by atomic mass is 9.76. The van der Waals surface area contributed by atoms with Gasteiger partial charge in [-0.25, -0.2) is 23.0 Å². The molecular weight excluding hydrogens is 535 g/mol. The maximum Gasteiger partial charge on any atom is 0.416 e. The maximum absolute atomic E-state index is 13.4. The number of nitrogens with one attached hydrogen (secondary N) is 3. The SMILES string of the molecule is Cc1cc([C@@H](C)OC[C@@]2(c3ccccc3)CC[C@](CNS(C)(=O)=O)(n3cn[nH]c3=O)CN2)cc(C(F)(F)F)c1. The van der Waals surface area contributed by atoms with Crippen LogP contribution in [0.2, 0.25) is 0 Å². The van der Waals surface area contributed by atoms with Gasteiger partial charge in [-0.15, -0.1) is 0 Å². The lowest BCUT2D eigenvalue weighted by molar-refractivity contribution is -0.137. The summed E-state index contributed by atoms with van der Waals surface area (Å²) in [4.78, 5) is 12.5. The second kappa shape index (κ2) is 10.9. The number of hydrogen-bond acceptors (Lipinski definition) is 6. The van der Waals surface area contributed by atoms with Gasteiger partial charge in [-0.1, -0.05) is 42.0 Å². The summed E-state index contributed by atoms with van der Waals surface area (Å²) in [6.45, 7) is 3.61. The number of benzene rings is 2. The second-order valence-electron chi connectivity index (χ2n) is 10.2. The van der Waals surface area contributed by atoms with E-state index in [-0.39, 0.29) is 19.7 Å². The van der Waals surface area contributed by atoms with Crippen LogP contribution >= 0.6 is 0 Å². The minimum atomic E-state index is -4.47. The number of rotatable bonds is 9. The summed E-state index contributed by atoms with van der Waals surface area (Å²) in [7, 11) is -3.54. The number of nitrogens with zero attached hydrogens (tertiary/aromatic N) is 2. The van der Waals surface area contributed by atoms with E-state index in [9.17, 15) is 26.4 Å². The van der Waals surface area contributed by atoms with E-state index in [2.05, 4.69) is 20.2 Å². The number of sulfonamides is 1. The van der Waals surface area contributed by atoms with Gasteiger partial charge < -0.3 is 10.1 Å². The van der Waals surface area contributed by atoms with E-state index in [1.165, 1.54) is 10.9 Å². The highest BCUT2D eigenvalue weighted by Crippen LogP contribution is 2.39. The molecule has 13 heteroatoms. The van der Waals surface area contributed by atoms with Crippen molar-refractivity contribution in [1.29, 1.82) is 0 Å². The van der Waals surface area contributed by atoms with Gasteiger partial charge in [0.15, 0.2) is 0 Å². The number of H-pyrrole nitrogens is 1. The average Bonchev–Trinajstić information content (AvgIpc) is 3.32. The molecule has 0 radical (unpaired) electrons. The number of hydrogen-bond donors (Lipinski definition) is 3. The third-order valence-corrected chi connectivity index (χ3v) is 7.97. The molecule has 3 atom stereocenters. The molecule has 0 unspecified atom stereocenters. The normalized spacial score (nSPS) is 23.0. The third kappa shape index (κ3) is 6.60. The Balaban J connectivity index is 1.61. The minimum absolute atomic E-state index is 0.0378. The van der Waals surface area contributed by atoms with E-state index < -0.39 is 44.6 Å². The maximum atomic E-state index is 13.4. The third-order valence-electron chi connectivity index (χ3n) is 7.30. The van der Waals surface area contributed by atoms with E-state index >= 15 is 0 Å². The molecule has 212 valence electrons. The predicted octanol–water partition coefficient (Wildman–Crippen LogP) is 3.20. The second-order valence-corrected chi connectivity index (χ2v) is 12.1. The first-order valence-electron chi connectivity index (χ1n) is 12.4. The van der Waals surface area contributed by atoms with Crippen LogP contribution in [0.4, 0.5) is 13.2 Å². The summed E-state index contributed by atoms with van der Waals surface area (Å²) in [5.74, 6) is 0. The van der Waals surface area contributed by atoms with Crippen LogP contribution in [0.15, 0.2) is 59.7 Å². The summed E-state index contributed by atoms with van der Waals surface area (Å²) >= 11 is 0. The van der Waals surface area contributed by atoms with Crippen molar-refractivity contribution in [2.24, 2.45) is 0 Å². The molecule has 3 N–H and O–H groups in total. The Labute approximate surface area is 224 Å². The smallest absolute Gasteiger partial charge is 0.372 e. The quantitative estimate of drug-likeness (QED) is 0.366. The molecule has 1 aromatic heterocycles. The van der Waals surface area contributed by atoms with Gasteiger partial charge in [-0.2, -0.15) is 18.3 Å². The lowest BCUT2D eigenvalue weighted by Gasteiger charge is -2.48.